The van der Waals surface area contributed by atoms with Crippen molar-refractivity contribution >= 4 is 5.97 Å². The van der Waals surface area contributed by atoms with E-state index in [-0.39, 0.29) is 6.42 Å². The van der Waals surface area contributed by atoms with Gasteiger partial charge in [0.25, 0.3) is 0 Å². The van der Waals surface area contributed by atoms with Crippen LogP contribution in [0.2, 0.25) is 0 Å². The van der Waals surface area contributed by atoms with E-state index in [1.54, 1.807) is 6.20 Å². The molecule has 0 fully saturated rings. The molecule has 4 heteroatoms. The Morgan fingerprint density at radius 3 is 2.92 bits per heavy atom. The predicted octanol–water partition coefficient (Wildman–Crippen LogP) is 1.27. The van der Waals surface area contributed by atoms with Crippen LogP contribution < -0.4 is 0 Å². The summed E-state index contributed by atoms with van der Waals surface area (Å²) in [4.78, 5) is 18.0. The number of aryl methyl sites for hydroxylation is 1. The molecule has 0 saturated carbocycles. The molecular formula is C9H12N2O2. The molecule has 0 unspecified atom stereocenters. The normalized spacial score (nSPS) is 9.85. The molecule has 0 aliphatic carbocycles. The molecule has 4 nitrogen and oxygen atoms in total. The van der Waals surface area contributed by atoms with E-state index in [4.69, 9.17) is 5.11 Å². The highest BCUT2D eigenvalue weighted by Gasteiger charge is 1.97. The van der Waals surface area contributed by atoms with Crippen LogP contribution in [0, 0.1) is 0 Å². The van der Waals surface area contributed by atoms with Crippen molar-refractivity contribution < 1.29 is 9.90 Å². The van der Waals surface area contributed by atoms with Crippen molar-refractivity contribution in [1.29, 1.82) is 0 Å². The summed E-state index contributed by atoms with van der Waals surface area (Å²) in [6.45, 7) is 0. The molecule has 0 atom stereocenters. The van der Waals surface area contributed by atoms with Gasteiger partial charge in [-0.2, -0.15) is 0 Å². The Bertz CT molecular complexity index is 262. The number of carboxylic acids is 1. The molecule has 1 aromatic heterocycles. The van der Waals surface area contributed by atoms with E-state index >= 15 is 0 Å². The van der Waals surface area contributed by atoms with Crippen LogP contribution in [0.4, 0.5) is 0 Å². The second-order valence-electron chi connectivity index (χ2n) is 2.80. The first-order chi connectivity index (χ1) is 6.29. The largest absolute Gasteiger partial charge is 0.481 e. The van der Waals surface area contributed by atoms with E-state index in [1.165, 1.54) is 6.33 Å². The summed E-state index contributed by atoms with van der Waals surface area (Å²) in [7, 11) is 0. The van der Waals surface area contributed by atoms with Gasteiger partial charge in [-0.25, -0.2) is 9.97 Å². The molecule has 1 N–H and O–H groups in total. The van der Waals surface area contributed by atoms with Gasteiger partial charge in [-0.15, -0.1) is 0 Å². The molecule has 0 bridgehead atoms. The number of rotatable bonds is 5. The van der Waals surface area contributed by atoms with Crippen LogP contribution >= 0.6 is 0 Å². The molecule has 0 spiro atoms. The lowest BCUT2D eigenvalue weighted by Crippen LogP contribution is -1.95. The van der Waals surface area contributed by atoms with Crippen LogP contribution in [0.3, 0.4) is 0 Å². The Kier molecular flexibility index (Phi) is 3.88. The SMILES string of the molecule is O=C(O)CCCCc1ccncn1. The standard InChI is InChI=1S/C9H12N2O2/c12-9(13)4-2-1-3-8-5-6-10-7-11-8/h5-7H,1-4H2,(H,12,13). The van der Waals surface area contributed by atoms with E-state index in [9.17, 15) is 4.79 Å². The molecule has 0 aromatic carbocycles. The molecule has 13 heavy (non-hydrogen) atoms. The van der Waals surface area contributed by atoms with Gasteiger partial charge in [-0.05, 0) is 25.3 Å². The third kappa shape index (κ3) is 4.20. The smallest absolute Gasteiger partial charge is 0.303 e. The lowest BCUT2D eigenvalue weighted by Gasteiger charge is -1.97. The highest BCUT2D eigenvalue weighted by Crippen LogP contribution is 2.02. The van der Waals surface area contributed by atoms with Crippen molar-refractivity contribution in [2.45, 2.75) is 25.7 Å². The zero-order valence-electron chi connectivity index (χ0n) is 7.31. The Balaban J connectivity index is 2.17. The highest BCUT2D eigenvalue weighted by molar-refractivity contribution is 5.66. The Labute approximate surface area is 76.7 Å². The predicted molar refractivity (Wildman–Crippen MR) is 47.2 cm³/mol. The molecule has 0 radical (unpaired) electrons. The number of carboxylic acid groups (broad SMARTS) is 1. The summed E-state index contributed by atoms with van der Waals surface area (Å²) in [6, 6.07) is 1.85. The minimum absolute atomic E-state index is 0.241. The fourth-order valence-electron chi connectivity index (χ4n) is 1.05. The Morgan fingerprint density at radius 2 is 2.31 bits per heavy atom. The summed E-state index contributed by atoms with van der Waals surface area (Å²) >= 11 is 0. The van der Waals surface area contributed by atoms with Crippen molar-refractivity contribution in [3.63, 3.8) is 0 Å². The summed E-state index contributed by atoms with van der Waals surface area (Å²) in [5.74, 6) is -0.734. The van der Waals surface area contributed by atoms with Gasteiger partial charge >= 0.3 is 5.97 Å². The number of nitrogens with zero attached hydrogens (tertiary/aromatic N) is 2. The van der Waals surface area contributed by atoms with E-state index in [0.717, 1.165) is 18.5 Å². The van der Waals surface area contributed by atoms with Gasteiger partial charge in [0.15, 0.2) is 0 Å². The second-order valence-corrected chi connectivity index (χ2v) is 2.80. The lowest BCUT2D eigenvalue weighted by molar-refractivity contribution is -0.137. The van der Waals surface area contributed by atoms with Gasteiger partial charge in [0.2, 0.25) is 0 Å². The van der Waals surface area contributed by atoms with Crippen molar-refractivity contribution in [1.82, 2.24) is 9.97 Å². The maximum absolute atomic E-state index is 10.2. The molecule has 1 heterocycles. The average Bonchev–Trinajstić information content (AvgIpc) is 2.14. The topological polar surface area (TPSA) is 63.1 Å². The zero-order chi connectivity index (χ0) is 9.52. The molecule has 0 aliphatic heterocycles. The van der Waals surface area contributed by atoms with Crippen molar-refractivity contribution in [2.24, 2.45) is 0 Å². The third-order valence-electron chi connectivity index (χ3n) is 1.72. The van der Waals surface area contributed by atoms with Crippen LogP contribution in [0.25, 0.3) is 0 Å². The minimum Gasteiger partial charge on any atom is -0.481 e. The number of unbranched alkanes of at least 4 members (excludes halogenated alkanes) is 1. The molecule has 0 amide bonds. The van der Waals surface area contributed by atoms with E-state index in [1.807, 2.05) is 6.07 Å². The minimum atomic E-state index is -0.734. The maximum atomic E-state index is 10.2. The van der Waals surface area contributed by atoms with E-state index in [2.05, 4.69) is 9.97 Å². The Hall–Kier alpha value is -1.45. The fourth-order valence-corrected chi connectivity index (χ4v) is 1.05. The van der Waals surface area contributed by atoms with Gasteiger partial charge in [-0.3, -0.25) is 4.79 Å². The van der Waals surface area contributed by atoms with Crippen LogP contribution in [0.1, 0.15) is 25.0 Å². The summed E-state index contributed by atoms with van der Waals surface area (Å²) in [5, 5.41) is 8.39. The van der Waals surface area contributed by atoms with Gasteiger partial charge < -0.3 is 5.11 Å². The summed E-state index contributed by atoms with van der Waals surface area (Å²) in [5.41, 5.74) is 0.973. The first-order valence-electron chi connectivity index (χ1n) is 4.26. The summed E-state index contributed by atoms with van der Waals surface area (Å²) in [6.07, 6.45) is 5.84. The van der Waals surface area contributed by atoms with E-state index < -0.39 is 5.97 Å². The fraction of sp³-hybridized carbons (Fsp3) is 0.444. The average molecular weight is 180 g/mol. The van der Waals surface area contributed by atoms with Crippen molar-refractivity contribution in [2.75, 3.05) is 0 Å². The molecule has 1 aromatic rings. The molecule has 0 saturated heterocycles. The molecule has 70 valence electrons. The highest BCUT2D eigenvalue weighted by atomic mass is 16.4. The van der Waals surface area contributed by atoms with Crippen LogP contribution in [0.5, 0.6) is 0 Å². The Morgan fingerprint density at radius 1 is 1.46 bits per heavy atom. The molecular weight excluding hydrogens is 168 g/mol. The maximum Gasteiger partial charge on any atom is 0.303 e. The van der Waals surface area contributed by atoms with Gasteiger partial charge in [0, 0.05) is 18.3 Å². The quantitative estimate of drug-likeness (QED) is 0.693. The van der Waals surface area contributed by atoms with Crippen LogP contribution in [-0.2, 0) is 11.2 Å². The first kappa shape index (κ1) is 9.64. The monoisotopic (exact) mass is 180 g/mol. The lowest BCUT2D eigenvalue weighted by atomic mass is 10.1. The third-order valence-corrected chi connectivity index (χ3v) is 1.72. The van der Waals surface area contributed by atoms with Crippen molar-refractivity contribution in [3.05, 3.63) is 24.3 Å². The summed E-state index contributed by atoms with van der Waals surface area (Å²) < 4.78 is 0. The number of aromatic nitrogens is 2. The van der Waals surface area contributed by atoms with Gasteiger partial charge in [-0.1, -0.05) is 0 Å². The number of aliphatic carboxylic acids is 1. The van der Waals surface area contributed by atoms with Crippen LogP contribution in [-0.4, -0.2) is 21.0 Å². The first-order valence-corrected chi connectivity index (χ1v) is 4.26. The molecule has 0 aliphatic rings. The number of hydrogen-bond acceptors (Lipinski definition) is 3. The van der Waals surface area contributed by atoms with Gasteiger partial charge in [0.1, 0.15) is 6.33 Å². The van der Waals surface area contributed by atoms with Gasteiger partial charge in [0.05, 0.1) is 0 Å². The number of carbonyl (C=O) groups is 1. The zero-order valence-corrected chi connectivity index (χ0v) is 7.31. The van der Waals surface area contributed by atoms with E-state index in [0.29, 0.717) is 6.42 Å². The van der Waals surface area contributed by atoms with Crippen LogP contribution in [0.15, 0.2) is 18.6 Å². The number of hydrogen-bond donors (Lipinski definition) is 1. The van der Waals surface area contributed by atoms with Crippen molar-refractivity contribution in [3.8, 4) is 0 Å². The second kappa shape index (κ2) is 5.24. The molecule has 1 rings (SSSR count).